The molecule has 1 aromatic carbocycles. The van der Waals surface area contributed by atoms with Crippen LogP contribution >= 0.6 is 0 Å². The monoisotopic (exact) mass is 264 g/mol. The third kappa shape index (κ3) is 2.76. The van der Waals surface area contributed by atoms with Crippen LogP contribution in [0.25, 0.3) is 0 Å². The number of hydrogen-bond acceptors (Lipinski definition) is 4. The van der Waals surface area contributed by atoms with Gasteiger partial charge in [-0.2, -0.15) is 0 Å². The minimum absolute atomic E-state index is 0.0381. The summed E-state index contributed by atoms with van der Waals surface area (Å²) in [6.07, 6.45) is 1.22. The van der Waals surface area contributed by atoms with Crippen molar-refractivity contribution in [1.82, 2.24) is 4.98 Å². The second kappa shape index (κ2) is 4.89. The zero-order valence-electron chi connectivity index (χ0n) is 9.65. The van der Waals surface area contributed by atoms with E-state index in [2.05, 4.69) is 10.3 Å². The molecule has 0 saturated heterocycles. The van der Waals surface area contributed by atoms with Crippen LogP contribution in [0, 0.1) is 11.6 Å². The molecular weight excluding hydrogens is 254 g/mol. The zero-order chi connectivity index (χ0) is 14.0. The predicted molar refractivity (Wildman–Crippen MR) is 66.8 cm³/mol. The van der Waals surface area contributed by atoms with Gasteiger partial charge >= 0.3 is 0 Å². The van der Waals surface area contributed by atoms with E-state index < -0.39 is 17.5 Å². The fraction of sp³-hybridized carbons (Fsp3) is 0. The molecule has 1 heterocycles. The summed E-state index contributed by atoms with van der Waals surface area (Å²) in [5.41, 5.74) is 10.7. The van der Waals surface area contributed by atoms with Crippen LogP contribution in [-0.4, -0.2) is 10.9 Å². The van der Waals surface area contributed by atoms with Gasteiger partial charge in [0.2, 0.25) is 0 Å². The third-order valence-electron chi connectivity index (χ3n) is 2.39. The number of halogens is 2. The first-order valence-corrected chi connectivity index (χ1v) is 5.25. The molecule has 0 radical (unpaired) electrons. The van der Waals surface area contributed by atoms with Gasteiger partial charge in [0, 0.05) is 6.07 Å². The number of nitrogen functional groups attached to an aromatic ring is 1. The summed E-state index contributed by atoms with van der Waals surface area (Å²) in [6, 6.07) is 4.15. The highest BCUT2D eigenvalue weighted by molar-refractivity contribution is 5.99. The Labute approximate surface area is 107 Å². The number of nitrogens with one attached hydrogen (secondary N) is 1. The van der Waals surface area contributed by atoms with E-state index in [1.165, 1.54) is 12.3 Å². The van der Waals surface area contributed by atoms with E-state index in [0.717, 1.165) is 18.2 Å². The molecule has 0 atom stereocenters. The Hall–Kier alpha value is -2.70. The van der Waals surface area contributed by atoms with Crippen molar-refractivity contribution in [2.45, 2.75) is 0 Å². The van der Waals surface area contributed by atoms with Gasteiger partial charge in [-0.1, -0.05) is 0 Å². The highest BCUT2D eigenvalue weighted by Crippen LogP contribution is 2.24. The Balaban J connectivity index is 2.43. The largest absolute Gasteiger partial charge is 0.384 e. The number of rotatable bonds is 3. The lowest BCUT2D eigenvalue weighted by Crippen LogP contribution is -2.14. The molecule has 5 nitrogen and oxygen atoms in total. The smallest absolute Gasteiger partial charge is 0.251 e. The first-order chi connectivity index (χ1) is 8.97. The molecule has 0 fully saturated rings. The lowest BCUT2D eigenvalue weighted by Gasteiger charge is -2.11. The maximum Gasteiger partial charge on any atom is 0.251 e. The fourth-order valence-corrected chi connectivity index (χ4v) is 1.51. The number of carbonyl (C=O) groups is 1. The Kier molecular flexibility index (Phi) is 3.28. The standard InChI is InChI=1S/C12H10F2N4O/c13-6-1-2-8(14)9(3-6)18-10-5-17-11(15)4-7(10)12(16)19/h1-5,18H,(H2,15,17)(H2,16,19). The van der Waals surface area contributed by atoms with Crippen molar-refractivity contribution < 1.29 is 13.6 Å². The summed E-state index contributed by atoms with van der Waals surface area (Å²) in [5.74, 6) is -1.95. The summed E-state index contributed by atoms with van der Waals surface area (Å²) in [5, 5.41) is 2.56. The molecule has 2 rings (SSSR count). The number of primary amides is 1. The molecule has 0 aliphatic carbocycles. The van der Waals surface area contributed by atoms with Gasteiger partial charge in [0.15, 0.2) is 0 Å². The Bertz CT molecular complexity index is 646. The van der Waals surface area contributed by atoms with Crippen molar-refractivity contribution in [2.75, 3.05) is 11.1 Å². The first-order valence-electron chi connectivity index (χ1n) is 5.25. The van der Waals surface area contributed by atoms with Gasteiger partial charge in [0.25, 0.3) is 5.91 Å². The number of amides is 1. The molecule has 0 spiro atoms. The predicted octanol–water partition coefficient (Wildman–Crippen LogP) is 1.78. The van der Waals surface area contributed by atoms with Crippen LogP contribution in [0.3, 0.4) is 0 Å². The number of anilines is 3. The van der Waals surface area contributed by atoms with Crippen LogP contribution in [-0.2, 0) is 0 Å². The molecule has 1 aromatic heterocycles. The van der Waals surface area contributed by atoms with E-state index in [1.54, 1.807) is 0 Å². The SMILES string of the molecule is NC(=O)c1cc(N)ncc1Nc1cc(F)ccc1F. The number of nitrogens with zero attached hydrogens (tertiary/aromatic N) is 1. The van der Waals surface area contributed by atoms with Crippen LogP contribution < -0.4 is 16.8 Å². The molecule has 0 aliphatic heterocycles. The van der Waals surface area contributed by atoms with E-state index in [9.17, 15) is 13.6 Å². The summed E-state index contributed by atoms with van der Waals surface area (Å²) >= 11 is 0. The minimum atomic E-state index is -0.756. The number of aromatic nitrogens is 1. The average Bonchev–Trinajstić information content (AvgIpc) is 2.35. The van der Waals surface area contributed by atoms with Crippen LogP contribution in [0.5, 0.6) is 0 Å². The molecule has 0 bridgehead atoms. The molecule has 0 unspecified atom stereocenters. The molecule has 7 heteroatoms. The quantitative estimate of drug-likeness (QED) is 0.787. The maximum atomic E-state index is 13.5. The number of hydrogen-bond donors (Lipinski definition) is 3. The molecule has 98 valence electrons. The second-order valence-corrected chi connectivity index (χ2v) is 3.77. The molecule has 5 N–H and O–H groups in total. The second-order valence-electron chi connectivity index (χ2n) is 3.77. The molecule has 1 amide bonds. The van der Waals surface area contributed by atoms with E-state index in [1.807, 2.05) is 0 Å². The zero-order valence-corrected chi connectivity index (χ0v) is 9.65. The van der Waals surface area contributed by atoms with Crippen molar-refractivity contribution in [2.24, 2.45) is 5.73 Å². The van der Waals surface area contributed by atoms with Crippen LogP contribution in [0.2, 0.25) is 0 Å². The fourth-order valence-electron chi connectivity index (χ4n) is 1.51. The van der Waals surface area contributed by atoms with Crippen molar-refractivity contribution in [3.05, 3.63) is 47.7 Å². The van der Waals surface area contributed by atoms with E-state index >= 15 is 0 Å². The highest BCUT2D eigenvalue weighted by Gasteiger charge is 2.12. The molecular formula is C12H10F2N4O. The Morgan fingerprint density at radius 1 is 1.21 bits per heavy atom. The molecule has 2 aromatic rings. The van der Waals surface area contributed by atoms with E-state index in [0.29, 0.717) is 0 Å². The van der Waals surface area contributed by atoms with Gasteiger partial charge in [-0.05, 0) is 18.2 Å². The van der Waals surface area contributed by atoms with E-state index in [-0.39, 0.29) is 22.8 Å². The highest BCUT2D eigenvalue weighted by atomic mass is 19.1. The van der Waals surface area contributed by atoms with Gasteiger partial charge in [-0.25, -0.2) is 13.8 Å². The van der Waals surface area contributed by atoms with Crippen LogP contribution in [0.15, 0.2) is 30.5 Å². The molecule has 0 saturated carbocycles. The summed E-state index contributed by atoms with van der Waals surface area (Å²) in [4.78, 5) is 15.0. The third-order valence-corrected chi connectivity index (χ3v) is 2.39. The van der Waals surface area contributed by atoms with Gasteiger partial charge in [0.05, 0.1) is 23.1 Å². The first kappa shape index (κ1) is 12.7. The Morgan fingerprint density at radius 3 is 2.63 bits per heavy atom. The minimum Gasteiger partial charge on any atom is -0.384 e. The number of benzene rings is 1. The number of nitrogens with two attached hydrogens (primary N) is 2. The van der Waals surface area contributed by atoms with Gasteiger partial charge in [-0.3, -0.25) is 4.79 Å². The Morgan fingerprint density at radius 2 is 1.95 bits per heavy atom. The van der Waals surface area contributed by atoms with Crippen molar-refractivity contribution in [3.8, 4) is 0 Å². The van der Waals surface area contributed by atoms with Crippen molar-refractivity contribution >= 4 is 23.1 Å². The van der Waals surface area contributed by atoms with Crippen LogP contribution in [0.4, 0.5) is 26.0 Å². The van der Waals surface area contributed by atoms with Crippen molar-refractivity contribution in [1.29, 1.82) is 0 Å². The van der Waals surface area contributed by atoms with Gasteiger partial charge in [0.1, 0.15) is 17.5 Å². The molecule has 0 aliphatic rings. The summed E-state index contributed by atoms with van der Waals surface area (Å²) in [6.45, 7) is 0. The normalized spacial score (nSPS) is 10.2. The topological polar surface area (TPSA) is 94.0 Å². The lowest BCUT2D eigenvalue weighted by atomic mass is 10.2. The number of pyridine rings is 1. The molecule has 19 heavy (non-hydrogen) atoms. The summed E-state index contributed by atoms with van der Waals surface area (Å²) < 4.78 is 26.5. The van der Waals surface area contributed by atoms with Gasteiger partial charge < -0.3 is 16.8 Å². The maximum absolute atomic E-state index is 13.5. The van der Waals surface area contributed by atoms with Crippen molar-refractivity contribution in [3.63, 3.8) is 0 Å². The van der Waals surface area contributed by atoms with Crippen LogP contribution in [0.1, 0.15) is 10.4 Å². The average molecular weight is 264 g/mol. The number of carbonyl (C=O) groups excluding carboxylic acids is 1. The van der Waals surface area contributed by atoms with E-state index in [4.69, 9.17) is 11.5 Å². The lowest BCUT2D eigenvalue weighted by molar-refractivity contribution is 0.100. The summed E-state index contributed by atoms with van der Waals surface area (Å²) in [7, 11) is 0. The van der Waals surface area contributed by atoms with Gasteiger partial charge in [-0.15, -0.1) is 0 Å².